The number of carbonyl (C=O) groups excluding carboxylic acids is 1. The predicted molar refractivity (Wildman–Crippen MR) is 98.4 cm³/mol. The maximum Gasteiger partial charge on any atom is 0.228 e. The van der Waals surface area contributed by atoms with Gasteiger partial charge in [-0.05, 0) is 23.6 Å². The molecule has 1 aliphatic rings. The van der Waals surface area contributed by atoms with E-state index in [0.29, 0.717) is 37.6 Å². The maximum atomic E-state index is 12.3. The smallest absolute Gasteiger partial charge is 0.228 e. The Balaban J connectivity index is 1.47. The van der Waals surface area contributed by atoms with Gasteiger partial charge in [-0.3, -0.25) is 4.79 Å². The van der Waals surface area contributed by atoms with Gasteiger partial charge in [0.05, 0.1) is 0 Å². The molecule has 2 aromatic carbocycles. The number of amides is 1. The molecule has 26 heavy (non-hydrogen) atoms. The maximum absolute atomic E-state index is 12.3. The van der Waals surface area contributed by atoms with Crippen LogP contribution in [-0.2, 0) is 24.2 Å². The second-order valence-corrected chi connectivity index (χ2v) is 6.34. The minimum absolute atomic E-state index is 0.140. The van der Waals surface area contributed by atoms with Gasteiger partial charge >= 0.3 is 0 Å². The van der Waals surface area contributed by atoms with Crippen molar-refractivity contribution < 1.29 is 9.32 Å². The molecule has 3 aromatic rings. The van der Waals surface area contributed by atoms with Crippen molar-refractivity contribution in [3.8, 4) is 11.4 Å². The first-order chi connectivity index (χ1) is 12.7. The Morgan fingerprint density at radius 2 is 1.88 bits per heavy atom. The van der Waals surface area contributed by atoms with Crippen LogP contribution in [0.1, 0.15) is 23.4 Å². The van der Waals surface area contributed by atoms with Crippen molar-refractivity contribution in [1.29, 1.82) is 0 Å². The first kappa shape index (κ1) is 16.5. The fourth-order valence-electron chi connectivity index (χ4n) is 3.21. The zero-order chi connectivity index (χ0) is 17.9. The summed E-state index contributed by atoms with van der Waals surface area (Å²) in [6.07, 6.45) is 1.86. The Hall–Kier alpha value is -2.99. The molecule has 0 aliphatic carbocycles. The molecule has 132 valence electrons. The van der Waals surface area contributed by atoms with Crippen LogP contribution in [0.15, 0.2) is 53.1 Å². The molecule has 1 amide bonds. The van der Waals surface area contributed by atoms with E-state index in [1.54, 1.807) is 0 Å². The summed E-state index contributed by atoms with van der Waals surface area (Å²) < 4.78 is 5.37. The van der Waals surface area contributed by atoms with Gasteiger partial charge in [0.1, 0.15) is 0 Å². The van der Waals surface area contributed by atoms with E-state index in [4.69, 9.17) is 10.3 Å². The van der Waals surface area contributed by atoms with Gasteiger partial charge in [-0.1, -0.05) is 47.6 Å². The fourth-order valence-corrected chi connectivity index (χ4v) is 3.21. The summed E-state index contributed by atoms with van der Waals surface area (Å²) in [5.41, 5.74) is 9.75. The van der Waals surface area contributed by atoms with E-state index in [2.05, 4.69) is 16.2 Å². The molecule has 0 bridgehead atoms. The molecule has 1 aliphatic heterocycles. The summed E-state index contributed by atoms with van der Waals surface area (Å²) in [7, 11) is 0. The lowest BCUT2D eigenvalue weighted by atomic mass is 10.0. The third-order valence-electron chi connectivity index (χ3n) is 4.66. The van der Waals surface area contributed by atoms with Crippen LogP contribution in [0.2, 0.25) is 0 Å². The van der Waals surface area contributed by atoms with E-state index in [0.717, 1.165) is 23.2 Å². The van der Waals surface area contributed by atoms with E-state index in [9.17, 15) is 4.79 Å². The zero-order valence-corrected chi connectivity index (χ0v) is 14.4. The fraction of sp³-hybridized carbons (Fsp3) is 0.250. The van der Waals surface area contributed by atoms with Gasteiger partial charge in [-0.25, -0.2) is 0 Å². The molecule has 6 nitrogen and oxygen atoms in total. The number of rotatable bonds is 5. The number of hydrogen-bond acceptors (Lipinski definition) is 5. The van der Waals surface area contributed by atoms with Crippen LogP contribution in [0.5, 0.6) is 0 Å². The molecule has 0 unspecified atom stereocenters. The average Bonchev–Trinajstić information content (AvgIpc) is 3.16. The Bertz CT molecular complexity index is 918. The SMILES string of the molecule is NCc1ccc(-c2noc(CCN3C(=O)CCc4ccccc43)n2)cc1. The lowest BCUT2D eigenvalue weighted by molar-refractivity contribution is -0.118. The third kappa shape index (κ3) is 3.23. The second kappa shape index (κ2) is 7.09. The Labute approximate surface area is 151 Å². The average molecular weight is 348 g/mol. The molecule has 0 fully saturated rings. The van der Waals surface area contributed by atoms with Gasteiger partial charge in [0.25, 0.3) is 0 Å². The largest absolute Gasteiger partial charge is 0.339 e. The van der Waals surface area contributed by atoms with Crippen molar-refractivity contribution in [2.24, 2.45) is 5.73 Å². The number of hydrogen-bond donors (Lipinski definition) is 1. The minimum atomic E-state index is 0.140. The molecule has 0 atom stereocenters. The molecule has 0 spiro atoms. The molecule has 0 saturated heterocycles. The first-order valence-corrected chi connectivity index (χ1v) is 8.75. The van der Waals surface area contributed by atoms with E-state index >= 15 is 0 Å². The highest BCUT2D eigenvalue weighted by molar-refractivity contribution is 5.96. The summed E-state index contributed by atoms with van der Waals surface area (Å²) >= 11 is 0. The Kier molecular flexibility index (Phi) is 4.50. The molecule has 6 heteroatoms. The minimum Gasteiger partial charge on any atom is -0.339 e. The van der Waals surface area contributed by atoms with Crippen LogP contribution >= 0.6 is 0 Å². The number of aryl methyl sites for hydroxylation is 1. The molecule has 2 heterocycles. The molecule has 4 rings (SSSR count). The van der Waals surface area contributed by atoms with Crippen LogP contribution in [0.3, 0.4) is 0 Å². The van der Waals surface area contributed by atoms with Crippen molar-refractivity contribution in [2.75, 3.05) is 11.4 Å². The van der Waals surface area contributed by atoms with Crippen molar-refractivity contribution in [3.05, 3.63) is 65.5 Å². The summed E-state index contributed by atoms with van der Waals surface area (Å²) in [6, 6.07) is 15.8. The van der Waals surface area contributed by atoms with Gasteiger partial charge in [-0.15, -0.1) is 0 Å². The van der Waals surface area contributed by atoms with Gasteiger partial charge in [-0.2, -0.15) is 4.98 Å². The number of fused-ring (bicyclic) bond motifs is 1. The number of benzene rings is 2. The summed E-state index contributed by atoms with van der Waals surface area (Å²) in [5, 5.41) is 4.05. The van der Waals surface area contributed by atoms with Crippen molar-refractivity contribution in [3.63, 3.8) is 0 Å². The summed E-state index contributed by atoms with van der Waals surface area (Å²) in [5.74, 6) is 1.22. The van der Waals surface area contributed by atoms with E-state index in [1.807, 2.05) is 47.4 Å². The van der Waals surface area contributed by atoms with Crippen LogP contribution < -0.4 is 10.6 Å². The third-order valence-corrected chi connectivity index (χ3v) is 4.66. The highest BCUT2D eigenvalue weighted by Gasteiger charge is 2.24. The van der Waals surface area contributed by atoms with Crippen LogP contribution in [0.25, 0.3) is 11.4 Å². The number of nitrogens with zero attached hydrogens (tertiary/aromatic N) is 3. The predicted octanol–water partition coefficient (Wildman–Crippen LogP) is 2.72. The summed E-state index contributed by atoms with van der Waals surface area (Å²) in [4.78, 5) is 18.6. The number of para-hydroxylation sites is 1. The second-order valence-electron chi connectivity index (χ2n) is 6.34. The molecular formula is C20H20N4O2. The normalized spacial score (nSPS) is 13.7. The molecule has 0 radical (unpaired) electrons. The number of nitrogens with two attached hydrogens (primary N) is 1. The topological polar surface area (TPSA) is 85.2 Å². The first-order valence-electron chi connectivity index (χ1n) is 8.75. The van der Waals surface area contributed by atoms with Gasteiger partial charge in [0.15, 0.2) is 0 Å². The van der Waals surface area contributed by atoms with Crippen molar-refractivity contribution in [1.82, 2.24) is 10.1 Å². The zero-order valence-electron chi connectivity index (χ0n) is 14.4. The monoisotopic (exact) mass is 348 g/mol. The quantitative estimate of drug-likeness (QED) is 0.766. The van der Waals surface area contributed by atoms with E-state index in [-0.39, 0.29) is 5.91 Å². The van der Waals surface area contributed by atoms with Crippen molar-refractivity contribution in [2.45, 2.75) is 25.8 Å². The lowest BCUT2D eigenvalue weighted by Gasteiger charge is -2.28. The summed E-state index contributed by atoms with van der Waals surface area (Å²) in [6.45, 7) is 1.03. The molecule has 0 saturated carbocycles. The Morgan fingerprint density at radius 3 is 2.69 bits per heavy atom. The number of anilines is 1. The van der Waals surface area contributed by atoms with Gasteiger partial charge in [0, 0.05) is 37.2 Å². The number of carbonyl (C=O) groups is 1. The lowest BCUT2D eigenvalue weighted by Crippen LogP contribution is -2.36. The van der Waals surface area contributed by atoms with Crippen LogP contribution in [0, 0.1) is 0 Å². The van der Waals surface area contributed by atoms with Crippen molar-refractivity contribution >= 4 is 11.6 Å². The highest BCUT2D eigenvalue weighted by Crippen LogP contribution is 2.27. The van der Waals surface area contributed by atoms with Crippen LogP contribution in [0.4, 0.5) is 5.69 Å². The molecular weight excluding hydrogens is 328 g/mol. The van der Waals surface area contributed by atoms with E-state index in [1.165, 1.54) is 5.56 Å². The van der Waals surface area contributed by atoms with Gasteiger partial charge < -0.3 is 15.2 Å². The number of aromatic nitrogens is 2. The molecule has 1 aromatic heterocycles. The van der Waals surface area contributed by atoms with Gasteiger partial charge in [0.2, 0.25) is 17.6 Å². The molecule has 2 N–H and O–H groups in total. The van der Waals surface area contributed by atoms with Crippen LogP contribution in [-0.4, -0.2) is 22.6 Å². The highest BCUT2D eigenvalue weighted by atomic mass is 16.5. The standard InChI is InChI=1S/C20H20N4O2/c21-13-14-5-7-16(8-6-14)20-22-18(26-23-20)11-12-24-17-4-2-1-3-15(17)9-10-19(24)25/h1-8H,9-13,21H2. The van der Waals surface area contributed by atoms with E-state index < -0.39 is 0 Å². The Morgan fingerprint density at radius 1 is 1.08 bits per heavy atom.